The summed E-state index contributed by atoms with van der Waals surface area (Å²) in [6.07, 6.45) is 0. The van der Waals surface area contributed by atoms with Gasteiger partial charge < -0.3 is 0 Å². The molecular formula is CoNiO2P. The fourth-order valence-corrected chi connectivity index (χ4v) is 0. The second-order valence-corrected chi connectivity index (χ2v) is 0.224. The molecule has 0 aliphatic carbocycles. The van der Waals surface area contributed by atoms with Gasteiger partial charge >= 0.3 is 17.5 Å². The van der Waals surface area contributed by atoms with Crippen molar-refractivity contribution in [3.63, 3.8) is 0 Å². The van der Waals surface area contributed by atoms with Crippen LogP contribution in [0.25, 0.3) is 0 Å². The van der Waals surface area contributed by atoms with Gasteiger partial charge in [0.2, 0.25) is 0 Å². The number of hydrogen-bond acceptors (Lipinski definition) is 2. The molecule has 0 aliphatic heterocycles. The molecule has 0 aliphatic rings. The van der Waals surface area contributed by atoms with Gasteiger partial charge in [-0.25, -0.2) is 0 Å². The minimum atomic E-state index is -1.08. The van der Waals surface area contributed by atoms with Crippen LogP contribution in [0, 0.1) is 0 Å². The zero-order valence-corrected chi connectivity index (χ0v) is 4.84. The van der Waals surface area contributed by atoms with E-state index < -0.39 is 8.34 Å². The molecule has 2 radical (unpaired) electrons. The van der Waals surface area contributed by atoms with Crippen LogP contribution in [0.4, 0.5) is 0 Å². The third kappa shape index (κ3) is 43.5. The molecule has 0 aromatic carbocycles. The Morgan fingerprint density at radius 1 is 1.20 bits per heavy atom. The summed E-state index contributed by atoms with van der Waals surface area (Å²) in [5, 5.41) is 0. The van der Waals surface area contributed by atoms with Crippen LogP contribution in [-0.4, -0.2) is 0 Å². The van der Waals surface area contributed by atoms with E-state index in [1.807, 2.05) is 0 Å². The van der Waals surface area contributed by atoms with Crippen molar-refractivity contribution in [1.82, 2.24) is 0 Å². The summed E-state index contributed by atoms with van der Waals surface area (Å²) in [6.45, 7) is 0. The summed E-state index contributed by atoms with van der Waals surface area (Å²) >= 11 is 0. The molecule has 5 heavy (non-hydrogen) atoms. The van der Waals surface area contributed by atoms with Gasteiger partial charge in [0.15, 0.2) is 0 Å². The Balaban J connectivity index is -0.0000000200. The standard InChI is InChI=1S/Co.Ni.O2P/c;;1-3-2. The number of hydrogen-bond donors (Lipinski definition) is 0. The molecule has 0 fully saturated rings. The molecule has 0 aromatic rings. The van der Waals surface area contributed by atoms with E-state index in [9.17, 15) is 0 Å². The van der Waals surface area contributed by atoms with Gasteiger partial charge in [0.25, 0.3) is 0 Å². The molecule has 0 spiro atoms. The van der Waals surface area contributed by atoms with E-state index in [2.05, 4.69) is 0 Å². The SMILES string of the molecule is O=[P]=O.[Co].[Ni]. The van der Waals surface area contributed by atoms with E-state index >= 15 is 0 Å². The first-order valence-electron chi connectivity index (χ1n) is 0.365. The quantitative estimate of drug-likeness (QED) is 0.405. The van der Waals surface area contributed by atoms with Gasteiger partial charge in [-0.15, -0.1) is 0 Å². The maximum Gasteiger partial charge on any atom is 0 e. The average Bonchev–Trinajstić information content (AvgIpc) is 0.918. The molecular weight excluding hydrogens is 181 g/mol. The van der Waals surface area contributed by atoms with E-state index in [0.717, 1.165) is 0 Å². The van der Waals surface area contributed by atoms with Crippen LogP contribution in [0.5, 0.6) is 0 Å². The van der Waals surface area contributed by atoms with E-state index in [1.165, 1.54) is 0 Å². The monoisotopic (exact) mass is 180 g/mol. The molecule has 5 heteroatoms. The third-order valence-electron chi connectivity index (χ3n) is 0. The van der Waals surface area contributed by atoms with Crippen LogP contribution in [0.2, 0.25) is 0 Å². The summed E-state index contributed by atoms with van der Waals surface area (Å²) in [4.78, 5) is 0. The normalized spacial score (nSPS) is 1.60. The van der Waals surface area contributed by atoms with Crippen LogP contribution in [0.1, 0.15) is 0 Å². The van der Waals surface area contributed by atoms with Gasteiger partial charge in [-0.3, -0.25) is 0 Å². The van der Waals surface area contributed by atoms with Crippen molar-refractivity contribution in [3.8, 4) is 0 Å². The maximum atomic E-state index is 8.35. The smallest absolute Gasteiger partial charge is 0 e. The van der Waals surface area contributed by atoms with Gasteiger partial charge in [0.1, 0.15) is 0 Å². The fraction of sp³-hybridized carbons (Fsp3) is 0. The predicted molar refractivity (Wildman–Crippen MR) is 8.29 cm³/mol. The topological polar surface area (TPSA) is 34.1 Å². The van der Waals surface area contributed by atoms with Crippen molar-refractivity contribution in [1.29, 1.82) is 0 Å². The zero-order valence-electron chi connectivity index (χ0n) is 1.91. The van der Waals surface area contributed by atoms with E-state index in [0.29, 0.717) is 0 Å². The van der Waals surface area contributed by atoms with E-state index in [-0.39, 0.29) is 33.3 Å². The minimum Gasteiger partial charge on any atom is 0 e. The molecule has 0 unspecified atom stereocenters. The second-order valence-electron chi connectivity index (χ2n) is 0.0745. The molecule has 0 N–H and O–H groups in total. The first kappa shape index (κ1) is 16.6. The van der Waals surface area contributed by atoms with E-state index in [4.69, 9.17) is 9.13 Å². The Labute approximate surface area is 51.1 Å². The third-order valence-corrected chi connectivity index (χ3v) is 0. The first-order chi connectivity index (χ1) is 1.41. The molecule has 0 aromatic heterocycles. The van der Waals surface area contributed by atoms with Crippen molar-refractivity contribution in [2.24, 2.45) is 0 Å². The van der Waals surface area contributed by atoms with Crippen molar-refractivity contribution >= 4 is 8.34 Å². The van der Waals surface area contributed by atoms with Gasteiger partial charge in [-0.2, -0.15) is 0 Å². The summed E-state index contributed by atoms with van der Waals surface area (Å²) in [6, 6.07) is 0. The van der Waals surface area contributed by atoms with Crippen molar-refractivity contribution in [2.75, 3.05) is 0 Å². The molecule has 0 heterocycles. The predicted octanol–water partition coefficient (Wildman–Crippen LogP) is 0.619. The van der Waals surface area contributed by atoms with Gasteiger partial charge in [0, 0.05) is 33.3 Å². The fourth-order valence-electron chi connectivity index (χ4n) is 0. The molecule has 2 nitrogen and oxygen atoms in total. The van der Waals surface area contributed by atoms with Crippen molar-refractivity contribution in [3.05, 3.63) is 0 Å². The second kappa shape index (κ2) is 19.8. The Morgan fingerprint density at radius 2 is 1.20 bits per heavy atom. The van der Waals surface area contributed by atoms with Crippen LogP contribution in [-0.2, 0) is 42.4 Å². The summed E-state index contributed by atoms with van der Waals surface area (Å²) in [5.74, 6) is 0. The Morgan fingerprint density at radius 3 is 1.20 bits per heavy atom. The Kier molecular flexibility index (Phi) is 65.9. The average molecular weight is 181 g/mol. The molecule has 0 saturated heterocycles. The van der Waals surface area contributed by atoms with Crippen molar-refractivity contribution in [2.45, 2.75) is 0 Å². The summed E-state index contributed by atoms with van der Waals surface area (Å²) < 4.78 is 16.7. The maximum absolute atomic E-state index is 8.35. The largest absolute Gasteiger partial charge is 0 e. The van der Waals surface area contributed by atoms with Gasteiger partial charge in [-0.1, -0.05) is 0 Å². The number of rotatable bonds is 0. The van der Waals surface area contributed by atoms with Crippen LogP contribution < -0.4 is 0 Å². The minimum absolute atomic E-state index is 0. The first-order valence-corrected chi connectivity index (χ1v) is 1.10. The van der Waals surface area contributed by atoms with Gasteiger partial charge in [0.05, 0.1) is 0 Å². The molecule has 0 bridgehead atoms. The molecule has 0 rings (SSSR count). The van der Waals surface area contributed by atoms with Crippen LogP contribution >= 0.6 is 8.34 Å². The summed E-state index contributed by atoms with van der Waals surface area (Å²) in [7, 11) is -1.08. The summed E-state index contributed by atoms with van der Waals surface area (Å²) in [5.41, 5.74) is 0. The zero-order chi connectivity index (χ0) is 2.71. The van der Waals surface area contributed by atoms with Crippen molar-refractivity contribution < 1.29 is 42.4 Å². The Bertz CT molecular complexity index is 30.6. The molecule has 0 atom stereocenters. The molecule has 0 saturated carbocycles. The molecule has 0 amide bonds. The van der Waals surface area contributed by atoms with Gasteiger partial charge in [-0.05, 0) is 0 Å². The molecule has 36 valence electrons. The van der Waals surface area contributed by atoms with Crippen LogP contribution in [0.15, 0.2) is 0 Å². The van der Waals surface area contributed by atoms with E-state index in [1.54, 1.807) is 0 Å². The Hall–Kier alpha value is 1.03. The van der Waals surface area contributed by atoms with Crippen LogP contribution in [0.3, 0.4) is 0 Å².